The normalized spacial score (nSPS) is 20.3. The minimum atomic E-state index is -0.165. The van der Waals surface area contributed by atoms with Gasteiger partial charge in [0.15, 0.2) is 0 Å². The Balaban J connectivity index is 1.10. The van der Waals surface area contributed by atoms with Crippen molar-refractivity contribution in [1.82, 2.24) is 0 Å². The van der Waals surface area contributed by atoms with Crippen LogP contribution in [0.25, 0.3) is 44.5 Å². The fourth-order valence-electron chi connectivity index (χ4n) is 11.9. The second-order valence-electron chi connectivity index (χ2n) is 18.7. The average Bonchev–Trinajstić information content (AvgIpc) is 4.00. The highest BCUT2D eigenvalue weighted by molar-refractivity contribution is 5.96. The van der Waals surface area contributed by atoms with Crippen molar-refractivity contribution in [3.8, 4) is 44.5 Å². The third-order valence-electron chi connectivity index (χ3n) is 15.0. The predicted molar refractivity (Wildman–Crippen MR) is 249 cm³/mol. The van der Waals surface area contributed by atoms with Crippen molar-refractivity contribution in [2.45, 2.75) is 88.9 Å². The number of fused-ring (bicyclic) bond motifs is 5. The molecule has 0 N–H and O–H groups in total. The van der Waals surface area contributed by atoms with E-state index in [1.54, 1.807) is 0 Å². The standard InChI is InChI=1S/C58H55N/c1-58(2)55-32-29-44(40-15-6-3-7-16-40)36-53(55)54-37-52(42-19-10-5-11-20-42)57(38-56(54)58)59(47-30-27-43(28-31-47)51-34-39-25-26-46(51)33-39)48-22-14-21-45(35-48)50-24-13-12-23-49(50)41-17-8-4-9-18-41/h3,5-7,10-16,19-24,27-32,35-39,41,46,51H,4,8-9,17-18,25-26,33-34H2,1-2H3. The first-order chi connectivity index (χ1) is 29.0. The lowest BCUT2D eigenvalue weighted by Gasteiger charge is -2.31. The number of nitrogens with zero attached hydrogens (tertiary/aromatic N) is 1. The lowest BCUT2D eigenvalue weighted by atomic mass is 9.80. The zero-order valence-electron chi connectivity index (χ0n) is 34.7. The minimum Gasteiger partial charge on any atom is -0.310 e. The topological polar surface area (TPSA) is 3.24 Å². The maximum absolute atomic E-state index is 2.58. The van der Waals surface area contributed by atoms with Gasteiger partial charge in [0.25, 0.3) is 0 Å². The fourth-order valence-corrected chi connectivity index (χ4v) is 11.9. The van der Waals surface area contributed by atoms with Crippen molar-refractivity contribution in [2.24, 2.45) is 11.8 Å². The molecular formula is C58H55N. The molecule has 292 valence electrons. The highest BCUT2D eigenvalue weighted by Crippen LogP contribution is 2.56. The van der Waals surface area contributed by atoms with E-state index in [4.69, 9.17) is 0 Å². The molecule has 3 fully saturated rings. The van der Waals surface area contributed by atoms with Gasteiger partial charge in [0.1, 0.15) is 0 Å². The number of hydrogen-bond donors (Lipinski definition) is 0. The summed E-state index contributed by atoms with van der Waals surface area (Å²) >= 11 is 0. The molecule has 2 bridgehead atoms. The quantitative estimate of drug-likeness (QED) is 0.149. The third kappa shape index (κ3) is 6.46. The largest absolute Gasteiger partial charge is 0.310 e. The van der Waals surface area contributed by atoms with Crippen LogP contribution < -0.4 is 4.90 Å². The second kappa shape index (κ2) is 14.9. The van der Waals surface area contributed by atoms with Gasteiger partial charge in [0.2, 0.25) is 0 Å². The zero-order valence-corrected chi connectivity index (χ0v) is 34.7. The van der Waals surface area contributed by atoms with E-state index >= 15 is 0 Å². The molecule has 3 unspecified atom stereocenters. The number of benzene rings is 7. The van der Waals surface area contributed by atoms with E-state index in [0.717, 1.165) is 11.8 Å². The lowest BCUT2D eigenvalue weighted by Crippen LogP contribution is -2.17. The van der Waals surface area contributed by atoms with Crippen LogP contribution in [-0.4, -0.2) is 0 Å². The molecule has 7 aromatic rings. The molecule has 4 aliphatic rings. The molecule has 4 aliphatic carbocycles. The Morgan fingerprint density at radius 2 is 1.17 bits per heavy atom. The van der Waals surface area contributed by atoms with Gasteiger partial charge in [-0.3, -0.25) is 0 Å². The van der Waals surface area contributed by atoms with Crippen LogP contribution in [0.15, 0.2) is 164 Å². The maximum atomic E-state index is 2.58. The Bertz CT molecular complexity index is 2630. The summed E-state index contributed by atoms with van der Waals surface area (Å²) < 4.78 is 0. The smallest absolute Gasteiger partial charge is 0.0543 e. The summed E-state index contributed by atoms with van der Waals surface area (Å²) in [5.41, 5.74) is 19.7. The first kappa shape index (κ1) is 36.4. The van der Waals surface area contributed by atoms with Gasteiger partial charge in [-0.1, -0.05) is 161 Å². The molecule has 3 atom stereocenters. The maximum Gasteiger partial charge on any atom is 0.0543 e. The highest BCUT2D eigenvalue weighted by atomic mass is 15.1. The van der Waals surface area contributed by atoms with Gasteiger partial charge in [-0.15, -0.1) is 0 Å². The highest BCUT2D eigenvalue weighted by Gasteiger charge is 2.40. The van der Waals surface area contributed by atoms with E-state index < -0.39 is 0 Å². The molecule has 0 radical (unpaired) electrons. The van der Waals surface area contributed by atoms with Crippen molar-refractivity contribution >= 4 is 17.1 Å². The Morgan fingerprint density at radius 1 is 0.458 bits per heavy atom. The van der Waals surface area contributed by atoms with Crippen LogP contribution in [0.5, 0.6) is 0 Å². The van der Waals surface area contributed by atoms with Gasteiger partial charge in [-0.2, -0.15) is 0 Å². The molecule has 0 spiro atoms. The summed E-state index contributed by atoms with van der Waals surface area (Å²) in [6.45, 7) is 4.84. The zero-order chi connectivity index (χ0) is 39.5. The second-order valence-corrected chi connectivity index (χ2v) is 18.7. The average molecular weight is 766 g/mol. The Hall–Kier alpha value is -5.66. The van der Waals surface area contributed by atoms with Gasteiger partial charge in [-0.25, -0.2) is 0 Å². The number of hydrogen-bond acceptors (Lipinski definition) is 1. The van der Waals surface area contributed by atoms with E-state index in [-0.39, 0.29) is 5.41 Å². The van der Waals surface area contributed by atoms with Crippen LogP contribution in [0.2, 0.25) is 0 Å². The van der Waals surface area contributed by atoms with Crippen molar-refractivity contribution < 1.29 is 0 Å². The Kier molecular flexibility index (Phi) is 9.18. The SMILES string of the molecule is CC1(C)c2ccc(-c3ccccc3)cc2-c2cc(-c3ccccc3)c(N(c3ccc(C4CC5CCC4C5)cc3)c3cccc(-c4ccccc4C4CCCCC4)c3)cc21. The van der Waals surface area contributed by atoms with E-state index in [1.807, 2.05) is 0 Å². The van der Waals surface area contributed by atoms with Crippen molar-refractivity contribution in [3.63, 3.8) is 0 Å². The Labute approximate surface area is 351 Å². The van der Waals surface area contributed by atoms with Crippen LogP contribution in [-0.2, 0) is 5.41 Å². The van der Waals surface area contributed by atoms with Gasteiger partial charge >= 0.3 is 0 Å². The van der Waals surface area contributed by atoms with E-state index in [2.05, 4.69) is 183 Å². The molecule has 0 aliphatic heterocycles. The minimum absolute atomic E-state index is 0.165. The van der Waals surface area contributed by atoms with Crippen molar-refractivity contribution in [3.05, 3.63) is 186 Å². The van der Waals surface area contributed by atoms with Crippen LogP contribution in [0.4, 0.5) is 17.1 Å². The first-order valence-corrected chi connectivity index (χ1v) is 22.5. The van der Waals surface area contributed by atoms with Crippen LogP contribution in [0.3, 0.4) is 0 Å². The molecule has 1 nitrogen and oxygen atoms in total. The molecule has 1 heteroatoms. The van der Waals surface area contributed by atoms with Gasteiger partial charge in [0, 0.05) is 22.4 Å². The van der Waals surface area contributed by atoms with Crippen LogP contribution >= 0.6 is 0 Å². The molecule has 0 saturated heterocycles. The summed E-state index contributed by atoms with van der Waals surface area (Å²) in [5.74, 6) is 3.12. The Morgan fingerprint density at radius 3 is 1.92 bits per heavy atom. The fraction of sp³-hybridized carbons (Fsp3) is 0.276. The molecule has 0 amide bonds. The van der Waals surface area contributed by atoms with Crippen LogP contribution in [0.1, 0.15) is 106 Å². The van der Waals surface area contributed by atoms with Crippen molar-refractivity contribution in [2.75, 3.05) is 4.90 Å². The van der Waals surface area contributed by atoms with Crippen LogP contribution in [0, 0.1) is 11.8 Å². The monoisotopic (exact) mass is 765 g/mol. The third-order valence-corrected chi connectivity index (χ3v) is 15.0. The molecule has 59 heavy (non-hydrogen) atoms. The van der Waals surface area contributed by atoms with Gasteiger partial charge in [0.05, 0.1) is 5.69 Å². The summed E-state index contributed by atoms with van der Waals surface area (Å²) in [7, 11) is 0. The summed E-state index contributed by atoms with van der Waals surface area (Å²) in [6, 6.07) is 62.6. The van der Waals surface area contributed by atoms with E-state index in [1.165, 1.54) is 142 Å². The molecular weight excluding hydrogens is 711 g/mol. The molecule has 0 aromatic heterocycles. The van der Waals surface area contributed by atoms with E-state index in [9.17, 15) is 0 Å². The molecule has 3 saturated carbocycles. The number of anilines is 3. The predicted octanol–water partition coefficient (Wildman–Crippen LogP) is 16.4. The molecule has 7 aromatic carbocycles. The van der Waals surface area contributed by atoms with Gasteiger partial charge in [-0.05, 0) is 159 Å². The lowest BCUT2D eigenvalue weighted by molar-refractivity contribution is 0.420. The summed E-state index contributed by atoms with van der Waals surface area (Å²) in [4.78, 5) is 2.58. The summed E-state index contributed by atoms with van der Waals surface area (Å²) in [5, 5.41) is 0. The first-order valence-electron chi connectivity index (χ1n) is 22.5. The van der Waals surface area contributed by atoms with Crippen molar-refractivity contribution in [1.29, 1.82) is 0 Å². The summed E-state index contributed by atoms with van der Waals surface area (Å²) in [6.07, 6.45) is 12.2. The number of rotatable bonds is 8. The van der Waals surface area contributed by atoms with Gasteiger partial charge < -0.3 is 4.90 Å². The molecule has 0 heterocycles. The van der Waals surface area contributed by atoms with E-state index in [0.29, 0.717) is 11.8 Å². The molecule has 11 rings (SSSR count).